The lowest BCUT2D eigenvalue weighted by molar-refractivity contribution is 0.0946. The van der Waals surface area contributed by atoms with E-state index >= 15 is 0 Å². The molecule has 1 amide bonds. The van der Waals surface area contributed by atoms with Crippen molar-refractivity contribution in [2.75, 3.05) is 5.32 Å². The van der Waals surface area contributed by atoms with Crippen molar-refractivity contribution >= 4 is 11.6 Å². The molecular formula is C17H21N3O. The van der Waals surface area contributed by atoms with Gasteiger partial charge in [-0.2, -0.15) is 0 Å². The fourth-order valence-electron chi connectivity index (χ4n) is 1.87. The van der Waals surface area contributed by atoms with Crippen LogP contribution in [0.25, 0.3) is 0 Å². The summed E-state index contributed by atoms with van der Waals surface area (Å²) in [5, 5.41) is 6.19. The van der Waals surface area contributed by atoms with Crippen molar-refractivity contribution in [3.8, 4) is 0 Å². The first-order valence-electron chi connectivity index (χ1n) is 7.23. The molecule has 1 aromatic carbocycles. The predicted molar refractivity (Wildman–Crippen MR) is 85.2 cm³/mol. The molecule has 0 aliphatic rings. The van der Waals surface area contributed by atoms with Crippen molar-refractivity contribution < 1.29 is 4.79 Å². The minimum absolute atomic E-state index is 0.158. The van der Waals surface area contributed by atoms with Gasteiger partial charge in [-0.25, -0.2) is 4.98 Å². The second-order valence-electron chi connectivity index (χ2n) is 5.05. The van der Waals surface area contributed by atoms with Gasteiger partial charge in [0.1, 0.15) is 5.69 Å². The molecule has 0 saturated heterocycles. The van der Waals surface area contributed by atoms with Gasteiger partial charge in [0.05, 0.1) is 11.9 Å². The molecule has 4 heteroatoms. The molecule has 0 bridgehead atoms. The Hall–Kier alpha value is -2.36. The SMILES string of the molecule is CCC(C)Nc1ccc(C(=O)NCc2ccccc2)nc1. The number of carbonyl (C=O) groups excluding carboxylic acids is 1. The second-order valence-corrected chi connectivity index (χ2v) is 5.05. The Kier molecular flexibility index (Phi) is 5.32. The maximum Gasteiger partial charge on any atom is 0.270 e. The number of rotatable bonds is 6. The minimum Gasteiger partial charge on any atom is -0.381 e. The van der Waals surface area contributed by atoms with Gasteiger partial charge in [0, 0.05) is 12.6 Å². The van der Waals surface area contributed by atoms with Crippen LogP contribution in [-0.4, -0.2) is 16.9 Å². The number of anilines is 1. The van der Waals surface area contributed by atoms with Gasteiger partial charge in [0.15, 0.2) is 0 Å². The summed E-state index contributed by atoms with van der Waals surface area (Å²) in [5.74, 6) is -0.158. The van der Waals surface area contributed by atoms with Crippen molar-refractivity contribution in [1.29, 1.82) is 0 Å². The maximum atomic E-state index is 12.0. The number of amides is 1. The Bertz CT molecular complexity index is 566. The lowest BCUT2D eigenvalue weighted by atomic mass is 10.2. The molecule has 2 N–H and O–H groups in total. The molecule has 2 aromatic rings. The first kappa shape index (κ1) is 15.0. The van der Waals surface area contributed by atoms with Gasteiger partial charge in [-0.15, -0.1) is 0 Å². The number of hydrogen-bond acceptors (Lipinski definition) is 3. The summed E-state index contributed by atoms with van der Waals surface area (Å²) < 4.78 is 0. The Labute approximate surface area is 125 Å². The van der Waals surface area contributed by atoms with Crippen LogP contribution in [0.5, 0.6) is 0 Å². The molecule has 110 valence electrons. The fourth-order valence-corrected chi connectivity index (χ4v) is 1.87. The molecule has 1 aromatic heterocycles. The van der Waals surface area contributed by atoms with E-state index in [1.165, 1.54) is 0 Å². The Morgan fingerprint density at radius 2 is 1.95 bits per heavy atom. The van der Waals surface area contributed by atoms with Gasteiger partial charge in [-0.3, -0.25) is 4.79 Å². The monoisotopic (exact) mass is 283 g/mol. The van der Waals surface area contributed by atoms with Crippen LogP contribution < -0.4 is 10.6 Å². The third-order valence-corrected chi connectivity index (χ3v) is 3.32. The van der Waals surface area contributed by atoms with E-state index in [0.717, 1.165) is 17.7 Å². The predicted octanol–water partition coefficient (Wildman–Crippen LogP) is 3.22. The molecule has 0 aliphatic heterocycles. The fraction of sp³-hybridized carbons (Fsp3) is 0.294. The zero-order valence-corrected chi connectivity index (χ0v) is 12.5. The summed E-state index contributed by atoms with van der Waals surface area (Å²) in [6, 6.07) is 13.8. The largest absolute Gasteiger partial charge is 0.381 e. The molecule has 1 atom stereocenters. The van der Waals surface area contributed by atoms with E-state index in [9.17, 15) is 4.79 Å². The quantitative estimate of drug-likeness (QED) is 0.856. The molecule has 1 heterocycles. The van der Waals surface area contributed by atoms with Crippen LogP contribution in [0.1, 0.15) is 36.3 Å². The molecule has 0 saturated carbocycles. The van der Waals surface area contributed by atoms with Crippen LogP contribution in [0.15, 0.2) is 48.7 Å². The van der Waals surface area contributed by atoms with Crippen LogP contribution >= 0.6 is 0 Å². The van der Waals surface area contributed by atoms with Crippen molar-refractivity contribution in [2.24, 2.45) is 0 Å². The highest BCUT2D eigenvalue weighted by molar-refractivity contribution is 5.92. The number of pyridine rings is 1. The highest BCUT2D eigenvalue weighted by Crippen LogP contribution is 2.09. The van der Waals surface area contributed by atoms with E-state index in [0.29, 0.717) is 18.3 Å². The topological polar surface area (TPSA) is 54.0 Å². The zero-order valence-electron chi connectivity index (χ0n) is 12.5. The van der Waals surface area contributed by atoms with Crippen molar-refractivity contribution in [2.45, 2.75) is 32.9 Å². The lowest BCUT2D eigenvalue weighted by Gasteiger charge is -2.12. The van der Waals surface area contributed by atoms with E-state index in [1.807, 2.05) is 36.4 Å². The maximum absolute atomic E-state index is 12.0. The van der Waals surface area contributed by atoms with E-state index in [2.05, 4.69) is 29.5 Å². The molecule has 4 nitrogen and oxygen atoms in total. The molecular weight excluding hydrogens is 262 g/mol. The average Bonchev–Trinajstić information content (AvgIpc) is 2.54. The summed E-state index contributed by atoms with van der Waals surface area (Å²) in [7, 11) is 0. The summed E-state index contributed by atoms with van der Waals surface area (Å²) in [6.07, 6.45) is 2.74. The number of carbonyl (C=O) groups is 1. The molecule has 0 radical (unpaired) electrons. The summed E-state index contributed by atoms with van der Waals surface area (Å²) in [4.78, 5) is 16.2. The zero-order chi connectivity index (χ0) is 15.1. The van der Waals surface area contributed by atoms with Gasteiger partial charge in [0.2, 0.25) is 0 Å². The van der Waals surface area contributed by atoms with E-state index in [-0.39, 0.29) is 5.91 Å². The van der Waals surface area contributed by atoms with Crippen LogP contribution in [-0.2, 0) is 6.54 Å². The Morgan fingerprint density at radius 1 is 1.19 bits per heavy atom. The first-order valence-corrected chi connectivity index (χ1v) is 7.23. The normalized spacial score (nSPS) is 11.7. The number of nitrogens with one attached hydrogen (secondary N) is 2. The molecule has 0 aliphatic carbocycles. The van der Waals surface area contributed by atoms with Crippen molar-refractivity contribution in [1.82, 2.24) is 10.3 Å². The van der Waals surface area contributed by atoms with Gasteiger partial charge in [-0.05, 0) is 31.0 Å². The molecule has 21 heavy (non-hydrogen) atoms. The molecule has 0 spiro atoms. The van der Waals surface area contributed by atoms with Gasteiger partial charge < -0.3 is 10.6 Å². The summed E-state index contributed by atoms with van der Waals surface area (Å²) in [6.45, 7) is 4.74. The highest BCUT2D eigenvalue weighted by atomic mass is 16.1. The van der Waals surface area contributed by atoms with E-state index in [4.69, 9.17) is 0 Å². The molecule has 2 rings (SSSR count). The summed E-state index contributed by atoms with van der Waals surface area (Å²) in [5.41, 5.74) is 2.44. The molecule has 1 unspecified atom stereocenters. The minimum atomic E-state index is -0.158. The number of nitrogens with zero attached hydrogens (tertiary/aromatic N) is 1. The van der Waals surface area contributed by atoms with Crippen LogP contribution in [0.3, 0.4) is 0 Å². The smallest absolute Gasteiger partial charge is 0.270 e. The van der Waals surface area contributed by atoms with Crippen LogP contribution in [0.4, 0.5) is 5.69 Å². The van der Waals surface area contributed by atoms with Gasteiger partial charge in [0.25, 0.3) is 5.91 Å². The Morgan fingerprint density at radius 3 is 2.57 bits per heavy atom. The Balaban J connectivity index is 1.90. The first-order chi connectivity index (χ1) is 10.2. The standard InChI is InChI=1S/C17H21N3O/c1-3-13(2)20-15-9-10-16(18-12-15)17(21)19-11-14-7-5-4-6-8-14/h4-10,12-13,20H,3,11H2,1-2H3,(H,19,21). The second kappa shape index (κ2) is 7.43. The van der Waals surface area contributed by atoms with Crippen LogP contribution in [0, 0.1) is 0 Å². The third kappa shape index (κ3) is 4.60. The average molecular weight is 283 g/mol. The number of aromatic nitrogens is 1. The lowest BCUT2D eigenvalue weighted by Crippen LogP contribution is -2.23. The van der Waals surface area contributed by atoms with E-state index in [1.54, 1.807) is 12.3 Å². The van der Waals surface area contributed by atoms with Crippen molar-refractivity contribution in [3.63, 3.8) is 0 Å². The van der Waals surface area contributed by atoms with Crippen molar-refractivity contribution in [3.05, 3.63) is 59.9 Å². The van der Waals surface area contributed by atoms with E-state index < -0.39 is 0 Å². The van der Waals surface area contributed by atoms with Gasteiger partial charge >= 0.3 is 0 Å². The number of benzene rings is 1. The third-order valence-electron chi connectivity index (χ3n) is 3.32. The summed E-state index contributed by atoms with van der Waals surface area (Å²) >= 11 is 0. The van der Waals surface area contributed by atoms with Crippen LogP contribution in [0.2, 0.25) is 0 Å². The molecule has 0 fully saturated rings. The highest BCUT2D eigenvalue weighted by Gasteiger charge is 2.07. The van der Waals surface area contributed by atoms with Gasteiger partial charge in [-0.1, -0.05) is 37.3 Å². The number of hydrogen-bond donors (Lipinski definition) is 2.